The second-order valence-electron chi connectivity index (χ2n) is 5.78. The van der Waals surface area contributed by atoms with Crippen LogP contribution in [0.25, 0.3) is 10.9 Å². The molecule has 0 spiro atoms. The molecule has 0 unspecified atom stereocenters. The van der Waals surface area contributed by atoms with E-state index in [1.165, 1.54) is 4.57 Å². The molecule has 0 atom stereocenters. The molecule has 0 saturated heterocycles. The third kappa shape index (κ3) is 3.38. The lowest BCUT2D eigenvalue weighted by Crippen LogP contribution is -2.31. The molecular formula is C19H17ClN2O3S. The number of rotatable bonds is 4. The molecule has 0 aliphatic carbocycles. The van der Waals surface area contributed by atoms with Crippen molar-refractivity contribution in [2.45, 2.75) is 6.54 Å². The molecular weight excluding hydrogens is 372 g/mol. The average molecular weight is 389 g/mol. The lowest BCUT2D eigenvalue weighted by atomic mass is 10.1. The summed E-state index contributed by atoms with van der Waals surface area (Å²) in [5.41, 5.74) is 1.25. The number of aryl methyl sites for hydroxylation is 1. The van der Waals surface area contributed by atoms with E-state index in [0.29, 0.717) is 28.2 Å². The van der Waals surface area contributed by atoms with Crippen LogP contribution in [-0.2, 0) is 13.6 Å². The Morgan fingerprint density at radius 3 is 2.62 bits per heavy atom. The number of aromatic hydroxyl groups is 1. The van der Waals surface area contributed by atoms with E-state index in [-0.39, 0.29) is 21.9 Å². The highest BCUT2D eigenvalue weighted by molar-refractivity contribution is 7.80. The second-order valence-corrected chi connectivity index (χ2v) is 6.62. The molecule has 0 aliphatic heterocycles. The van der Waals surface area contributed by atoms with Crippen molar-refractivity contribution in [2.75, 3.05) is 7.11 Å². The first-order valence-corrected chi connectivity index (χ1v) is 8.63. The Balaban J connectivity index is 1.99. The molecule has 3 rings (SSSR count). The highest BCUT2D eigenvalue weighted by Gasteiger charge is 2.18. The van der Waals surface area contributed by atoms with Crippen LogP contribution in [0.5, 0.6) is 11.5 Å². The zero-order chi connectivity index (χ0) is 18.8. The summed E-state index contributed by atoms with van der Waals surface area (Å²) in [4.78, 5) is 12.9. The molecule has 26 heavy (non-hydrogen) atoms. The van der Waals surface area contributed by atoms with Crippen LogP contribution in [0.3, 0.4) is 0 Å². The number of halogens is 1. The number of hydrogen-bond acceptors (Lipinski definition) is 4. The molecule has 0 aliphatic rings. The lowest BCUT2D eigenvalue weighted by molar-refractivity contribution is 0.415. The van der Waals surface area contributed by atoms with Gasteiger partial charge in [-0.15, -0.1) is 0 Å². The van der Waals surface area contributed by atoms with Gasteiger partial charge in [-0.25, -0.2) is 0 Å². The first kappa shape index (κ1) is 18.2. The number of fused-ring (bicyclic) bond motifs is 1. The zero-order valence-corrected chi connectivity index (χ0v) is 15.8. The number of benzene rings is 2. The summed E-state index contributed by atoms with van der Waals surface area (Å²) >= 11 is 11.2. The summed E-state index contributed by atoms with van der Waals surface area (Å²) in [6.45, 7) is 0.411. The minimum atomic E-state index is -0.367. The Morgan fingerprint density at radius 2 is 1.96 bits per heavy atom. The van der Waals surface area contributed by atoms with Crippen molar-refractivity contribution in [3.8, 4) is 11.5 Å². The SMILES string of the molecule is COc1ccc2c(c1)c(O)c(C(=S)NCc1ccc(Cl)cc1)c(=O)n2C. The van der Waals surface area contributed by atoms with E-state index in [4.69, 9.17) is 28.6 Å². The standard InChI is InChI=1S/C19H17ClN2O3S/c1-22-15-8-7-13(25-2)9-14(15)17(23)16(19(22)24)18(26)21-10-11-3-5-12(20)6-4-11/h3-9,23H,10H2,1-2H3,(H,21,26). The number of aromatic nitrogens is 1. The number of hydrogen-bond donors (Lipinski definition) is 2. The van der Waals surface area contributed by atoms with Crippen molar-refractivity contribution in [2.24, 2.45) is 7.05 Å². The predicted molar refractivity (Wildman–Crippen MR) is 107 cm³/mol. The number of pyridine rings is 1. The molecule has 134 valence electrons. The number of nitrogens with one attached hydrogen (secondary N) is 1. The molecule has 5 nitrogen and oxygen atoms in total. The van der Waals surface area contributed by atoms with Crippen molar-refractivity contribution in [3.63, 3.8) is 0 Å². The van der Waals surface area contributed by atoms with Crippen molar-refractivity contribution in [3.05, 3.63) is 69.0 Å². The average Bonchev–Trinajstić information content (AvgIpc) is 2.65. The second kappa shape index (κ2) is 7.35. The fraction of sp³-hybridized carbons (Fsp3) is 0.158. The monoisotopic (exact) mass is 388 g/mol. The Morgan fingerprint density at radius 1 is 1.27 bits per heavy atom. The Kier molecular flexibility index (Phi) is 5.15. The fourth-order valence-electron chi connectivity index (χ4n) is 2.71. The van der Waals surface area contributed by atoms with E-state index < -0.39 is 0 Å². The van der Waals surface area contributed by atoms with E-state index in [0.717, 1.165) is 5.56 Å². The van der Waals surface area contributed by atoms with Gasteiger partial charge in [0.25, 0.3) is 5.56 Å². The Hall–Kier alpha value is -2.57. The number of methoxy groups -OCH3 is 1. The lowest BCUT2D eigenvalue weighted by Gasteiger charge is -2.14. The van der Waals surface area contributed by atoms with Crippen LogP contribution in [0.15, 0.2) is 47.3 Å². The maximum absolute atomic E-state index is 12.7. The fourth-order valence-corrected chi connectivity index (χ4v) is 3.10. The molecule has 2 aromatic carbocycles. The summed E-state index contributed by atoms with van der Waals surface area (Å²) in [6.07, 6.45) is 0. The summed E-state index contributed by atoms with van der Waals surface area (Å²) in [7, 11) is 3.18. The van der Waals surface area contributed by atoms with Gasteiger partial charge in [0.2, 0.25) is 0 Å². The van der Waals surface area contributed by atoms with Gasteiger partial charge in [-0.05, 0) is 35.9 Å². The molecule has 0 amide bonds. The van der Waals surface area contributed by atoms with Crippen LogP contribution in [0, 0.1) is 0 Å². The molecule has 0 bridgehead atoms. The number of nitrogens with zero attached hydrogens (tertiary/aromatic N) is 1. The summed E-state index contributed by atoms with van der Waals surface area (Å²) in [6, 6.07) is 12.4. The van der Waals surface area contributed by atoms with Gasteiger partial charge in [-0.3, -0.25) is 4.79 Å². The molecule has 7 heteroatoms. The van der Waals surface area contributed by atoms with Crippen molar-refractivity contribution in [1.29, 1.82) is 0 Å². The van der Waals surface area contributed by atoms with Gasteiger partial charge in [-0.2, -0.15) is 0 Å². The van der Waals surface area contributed by atoms with Crippen LogP contribution in [0.4, 0.5) is 0 Å². The normalized spacial score (nSPS) is 10.7. The van der Waals surface area contributed by atoms with E-state index in [9.17, 15) is 9.90 Å². The van der Waals surface area contributed by atoms with Crippen LogP contribution in [-0.4, -0.2) is 21.8 Å². The number of ether oxygens (including phenoxy) is 1. The first-order chi connectivity index (χ1) is 12.4. The van der Waals surface area contributed by atoms with Gasteiger partial charge in [-0.1, -0.05) is 36.0 Å². The number of thiocarbonyl (C=S) groups is 1. The molecule has 2 N–H and O–H groups in total. The van der Waals surface area contributed by atoms with Gasteiger partial charge >= 0.3 is 0 Å². The van der Waals surface area contributed by atoms with E-state index in [2.05, 4.69) is 5.32 Å². The summed E-state index contributed by atoms with van der Waals surface area (Å²) in [5.74, 6) is 0.424. The first-order valence-electron chi connectivity index (χ1n) is 7.84. The quantitative estimate of drug-likeness (QED) is 0.671. The maximum atomic E-state index is 12.7. The maximum Gasteiger partial charge on any atom is 0.264 e. The van der Waals surface area contributed by atoms with E-state index >= 15 is 0 Å². The molecule has 0 fully saturated rings. The van der Waals surface area contributed by atoms with Crippen LogP contribution >= 0.6 is 23.8 Å². The van der Waals surface area contributed by atoms with Gasteiger partial charge in [0, 0.05) is 24.0 Å². The largest absolute Gasteiger partial charge is 0.506 e. The molecule has 1 aromatic heterocycles. The molecule has 0 radical (unpaired) electrons. The highest BCUT2D eigenvalue weighted by atomic mass is 35.5. The van der Waals surface area contributed by atoms with Crippen LogP contribution in [0.1, 0.15) is 11.1 Å². The third-order valence-electron chi connectivity index (χ3n) is 4.17. The molecule has 1 heterocycles. The topological polar surface area (TPSA) is 63.5 Å². The summed E-state index contributed by atoms with van der Waals surface area (Å²) < 4.78 is 6.66. The van der Waals surface area contributed by atoms with Crippen molar-refractivity contribution in [1.82, 2.24) is 9.88 Å². The predicted octanol–water partition coefficient (Wildman–Crippen LogP) is 3.37. The minimum Gasteiger partial charge on any atom is -0.506 e. The van der Waals surface area contributed by atoms with Crippen molar-refractivity contribution < 1.29 is 9.84 Å². The highest BCUT2D eigenvalue weighted by Crippen LogP contribution is 2.29. The zero-order valence-electron chi connectivity index (χ0n) is 14.2. The molecule has 0 saturated carbocycles. The molecule has 3 aromatic rings. The van der Waals surface area contributed by atoms with Gasteiger partial charge in [0.05, 0.1) is 12.6 Å². The van der Waals surface area contributed by atoms with Crippen LogP contribution in [0.2, 0.25) is 5.02 Å². The minimum absolute atomic E-state index is 0.0669. The van der Waals surface area contributed by atoms with Gasteiger partial charge in [0.1, 0.15) is 22.1 Å². The Bertz CT molecular complexity index is 1050. The Labute approximate surface area is 160 Å². The van der Waals surface area contributed by atoms with E-state index in [1.54, 1.807) is 44.5 Å². The van der Waals surface area contributed by atoms with Gasteiger partial charge in [0.15, 0.2) is 0 Å². The van der Waals surface area contributed by atoms with Gasteiger partial charge < -0.3 is 19.7 Å². The third-order valence-corrected chi connectivity index (χ3v) is 4.77. The smallest absolute Gasteiger partial charge is 0.264 e. The van der Waals surface area contributed by atoms with Crippen LogP contribution < -0.4 is 15.6 Å². The van der Waals surface area contributed by atoms with E-state index in [1.807, 2.05) is 12.1 Å². The van der Waals surface area contributed by atoms with Crippen molar-refractivity contribution >= 4 is 39.7 Å². The summed E-state index contributed by atoms with van der Waals surface area (Å²) in [5, 5.41) is 14.8.